The van der Waals surface area contributed by atoms with Crippen molar-refractivity contribution in [1.82, 2.24) is 29.4 Å². The Bertz CT molecular complexity index is 1420. The van der Waals surface area contributed by atoms with Crippen molar-refractivity contribution in [2.24, 2.45) is 7.05 Å². The molecule has 0 N–H and O–H groups in total. The molecule has 1 amide bonds. The quantitative estimate of drug-likeness (QED) is 0.410. The van der Waals surface area contributed by atoms with Gasteiger partial charge in [-0.05, 0) is 56.0 Å². The van der Waals surface area contributed by atoms with Gasteiger partial charge in [-0.1, -0.05) is 0 Å². The van der Waals surface area contributed by atoms with Gasteiger partial charge < -0.3 is 4.90 Å². The summed E-state index contributed by atoms with van der Waals surface area (Å²) in [4.78, 5) is 19.9. The minimum absolute atomic E-state index is 0.0897. The van der Waals surface area contributed by atoms with Crippen molar-refractivity contribution in [3.05, 3.63) is 83.2 Å². The lowest BCUT2D eigenvalue weighted by Gasteiger charge is -2.45. The van der Waals surface area contributed by atoms with Crippen LogP contribution in [0.25, 0.3) is 17.1 Å². The highest BCUT2D eigenvalue weighted by molar-refractivity contribution is 5.95. The van der Waals surface area contributed by atoms with Crippen molar-refractivity contribution in [1.29, 1.82) is 0 Å². The topological polar surface area (TPSA) is 68.8 Å². The monoisotopic (exact) mass is 478 g/mol. The van der Waals surface area contributed by atoms with Crippen molar-refractivity contribution >= 4 is 5.91 Å². The first-order valence-corrected chi connectivity index (χ1v) is 11.4. The molecule has 2 atom stereocenters. The van der Waals surface area contributed by atoms with E-state index < -0.39 is 17.5 Å². The fourth-order valence-electron chi connectivity index (χ4n) is 5.43. The highest BCUT2D eigenvalue weighted by atomic mass is 19.2. The Morgan fingerprint density at radius 2 is 1.89 bits per heavy atom. The first-order valence-electron chi connectivity index (χ1n) is 11.4. The van der Waals surface area contributed by atoms with Gasteiger partial charge in [-0.3, -0.25) is 9.48 Å². The minimum Gasteiger partial charge on any atom is -0.327 e. The molecule has 2 aliphatic heterocycles. The smallest absolute Gasteiger partial charge is 0.254 e. The van der Waals surface area contributed by atoms with E-state index in [2.05, 4.69) is 15.2 Å². The Labute approximate surface area is 198 Å². The third-order valence-electron chi connectivity index (χ3n) is 6.90. The summed E-state index contributed by atoms with van der Waals surface area (Å²) >= 11 is 0. The Morgan fingerprint density at radius 1 is 1.09 bits per heavy atom. The van der Waals surface area contributed by atoms with Gasteiger partial charge in [0.25, 0.3) is 5.91 Å². The Morgan fingerprint density at radius 3 is 2.63 bits per heavy atom. The minimum atomic E-state index is -1.50. The molecule has 6 rings (SSSR count). The molecular formula is C25H21F3N6O. The fraction of sp³-hybridized carbons (Fsp3) is 0.280. The van der Waals surface area contributed by atoms with Crippen molar-refractivity contribution in [3.8, 4) is 17.1 Å². The average Bonchev–Trinajstić information content (AvgIpc) is 3.50. The van der Waals surface area contributed by atoms with Crippen LogP contribution in [0.3, 0.4) is 0 Å². The third-order valence-corrected chi connectivity index (χ3v) is 6.90. The number of nitrogens with zero attached hydrogens (tertiary/aromatic N) is 6. The van der Waals surface area contributed by atoms with Crippen LogP contribution >= 0.6 is 0 Å². The zero-order valence-electron chi connectivity index (χ0n) is 18.8. The molecule has 2 bridgehead atoms. The number of piperidine rings is 1. The van der Waals surface area contributed by atoms with Crippen LogP contribution in [0.1, 0.15) is 46.9 Å². The lowest BCUT2D eigenvalue weighted by Crippen LogP contribution is -2.49. The predicted octanol–water partition coefficient (Wildman–Crippen LogP) is 4.38. The molecule has 3 aromatic heterocycles. The number of aryl methyl sites for hydroxylation is 1. The van der Waals surface area contributed by atoms with Gasteiger partial charge in [0, 0.05) is 48.4 Å². The second kappa shape index (κ2) is 8.07. The standard InChI is InChI=1S/C25H21F3N6O/c1-32-24(15-10-18(26)22(28)19(27)11-15)17-13-16-4-2-5-20(23(17)31-32)34(16)25(35)14-6-8-29-21(12-14)33-9-3-7-30-33/h3,6-12,16,20H,2,4-5,13H2,1H3/t16-,20+/m0/s1. The molecular weight excluding hydrogens is 457 g/mol. The maximum atomic E-state index is 14.0. The Hall–Kier alpha value is -3.95. The summed E-state index contributed by atoms with van der Waals surface area (Å²) in [5.74, 6) is -3.55. The van der Waals surface area contributed by atoms with E-state index in [4.69, 9.17) is 0 Å². The van der Waals surface area contributed by atoms with Crippen LogP contribution in [0.2, 0.25) is 0 Å². The Balaban J connectivity index is 1.40. The number of fused-ring (bicyclic) bond motifs is 4. The van der Waals surface area contributed by atoms with Gasteiger partial charge in [0.1, 0.15) is 0 Å². The van der Waals surface area contributed by atoms with E-state index in [9.17, 15) is 18.0 Å². The zero-order valence-corrected chi connectivity index (χ0v) is 18.8. The summed E-state index contributed by atoms with van der Waals surface area (Å²) < 4.78 is 44.8. The molecule has 0 radical (unpaired) electrons. The Kier molecular flexibility index (Phi) is 4.98. The molecule has 35 heavy (non-hydrogen) atoms. The molecule has 5 heterocycles. The molecule has 4 aromatic rings. The van der Waals surface area contributed by atoms with Crippen LogP contribution in [-0.4, -0.2) is 41.4 Å². The third kappa shape index (κ3) is 3.43. The van der Waals surface area contributed by atoms with Crippen molar-refractivity contribution < 1.29 is 18.0 Å². The van der Waals surface area contributed by atoms with Gasteiger partial charge in [-0.15, -0.1) is 0 Å². The van der Waals surface area contributed by atoms with Crippen LogP contribution in [0.15, 0.2) is 48.9 Å². The summed E-state index contributed by atoms with van der Waals surface area (Å²) in [5, 5.41) is 8.86. The van der Waals surface area contributed by atoms with Crippen LogP contribution in [0.5, 0.6) is 0 Å². The van der Waals surface area contributed by atoms with Gasteiger partial charge in [0.2, 0.25) is 0 Å². The van der Waals surface area contributed by atoms with Crippen LogP contribution in [-0.2, 0) is 13.5 Å². The molecule has 0 saturated carbocycles. The van der Waals surface area contributed by atoms with E-state index >= 15 is 0 Å². The maximum absolute atomic E-state index is 14.0. The van der Waals surface area contributed by atoms with Crippen molar-refractivity contribution in [2.45, 2.75) is 37.8 Å². The van der Waals surface area contributed by atoms with E-state index in [1.54, 1.807) is 53.2 Å². The first-order chi connectivity index (χ1) is 16.9. The first kappa shape index (κ1) is 21.6. The number of amides is 1. The number of carbonyl (C=O) groups excluding carboxylic acids is 1. The number of carbonyl (C=O) groups is 1. The van der Waals surface area contributed by atoms with Crippen LogP contribution < -0.4 is 0 Å². The second-order valence-electron chi connectivity index (χ2n) is 8.96. The number of hydrogen-bond acceptors (Lipinski definition) is 4. The lowest BCUT2D eigenvalue weighted by atomic mass is 9.81. The molecule has 7 nitrogen and oxygen atoms in total. The highest BCUT2D eigenvalue weighted by Crippen LogP contribution is 2.45. The second-order valence-corrected chi connectivity index (χ2v) is 8.96. The van der Waals surface area contributed by atoms with Crippen molar-refractivity contribution in [2.75, 3.05) is 0 Å². The van der Waals surface area contributed by atoms with Gasteiger partial charge in [-0.2, -0.15) is 10.2 Å². The normalized spacial score (nSPS) is 19.0. The molecule has 10 heteroatoms. The fourth-order valence-corrected chi connectivity index (χ4v) is 5.43. The summed E-state index contributed by atoms with van der Waals surface area (Å²) in [6, 6.07) is 6.83. The molecule has 1 fully saturated rings. The summed E-state index contributed by atoms with van der Waals surface area (Å²) in [6.07, 6.45) is 7.97. The molecule has 178 valence electrons. The molecule has 0 spiro atoms. The summed E-state index contributed by atoms with van der Waals surface area (Å²) in [6.45, 7) is 0. The van der Waals surface area contributed by atoms with E-state index in [-0.39, 0.29) is 23.6 Å². The molecule has 2 aliphatic rings. The van der Waals surface area contributed by atoms with Crippen LogP contribution in [0, 0.1) is 17.5 Å². The van der Waals surface area contributed by atoms with Crippen LogP contribution in [0.4, 0.5) is 13.2 Å². The van der Waals surface area contributed by atoms with Gasteiger partial charge in [-0.25, -0.2) is 22.8 Å². The van der Waals surface area contributed by atoms with Gasteiger partial charge >= 0.3 is 0 Å². The highest BCUT2D eigenvalue weighted by Gasteiger charge is 2.43. The largest absolute Gasteiger partial charge is 0.327 e. The maximum Gasteiger partial charge on any atom is 0.254 e. The molecule has 0 unspecified atom stereocenters. The SMILES string of the molecule is Cn1nc2c(c1-c1cc(F)c(F)c(F)c1)C[C@@H]1CCC[C@H]2N1C(=O)c1ccnc(-n2cccn2)c1. The number of halogens is 3. The van der Waals surface area contributed by atoms with E-state index in [0.717, 1.165) is 42.7 Å². The summed E-state index contributed by atoms with van der Waals surface area (Å²) in [5.41, 5.74) is 2.85. The molecule has 1 saturated heterocycles. The van der Waals surface area contributed by atoms with E-state index in [1.165, 1.54) is 0 Å². The average molecular weight is 478 g/mol. The van der Waals surface area contributed by atoms with Crippen molar-refractivity contribution in [3.63, 3.8) is 0 Å². The number of rotatable bonds is 3. The van der Waals surface area contributed by atoms with E-state index in [0.29, 0.717) is 23.5 Å². The number of benzene rings is 1. The lowest BCUT2D eigenvalue weighted by molar-refractivity contribution is 0.0391. The number of pyridine rings is 1. The zero-order chi connectivity index (χ0) is 24.3. The molecule has 1 aromatic carbocycles. The van der Waals surface area contributed by atoms with Gasteiger partial charge in [0.15, 0.2) is 23.3 Å². The summed E-state index contributed by atoms with van der Waals surface area (Å²) in [7, 11) is 1.70. The van der Waals surface area contributed by atoms with E-state index in [1.807, 2.05) is 4.90 Å². The predicted molar refractivity (Wildman–Crippen MR) is 120 cm³/mol. The number of aromatic nitrogens is 5. The number of hydrogen-bond donors (Lipinski definition) is 0. The van der Waals surface area contributed by atoms with Gasteiger partial charge in [0.05, 0.1) is 17.4 Å². The molecule has 0 aliphatic carbocycles.